The first-order valence-electron chi connectivity index (χ1n) is 9.81. The first-order valence-corrected chi connectivity index (χ1v) is 9.81. The number of nitrogens with one attached hydrogen (secondary N) is 1. The van der Waals surface area contributed by atoms with Gasteiger partial charge in [-0.3, -0.25) is 9.59 Å². The van der Waals surface area contributed by atoms with Crippen LogP contribution in [-0.4, -0.2) is 52.7 Å². The van der Waals surface area contributed by atoms with E-state index in [1.807, 2.05) is 30.3 Å². The second-order valence-corrected chi connectivity index (χ2v) is 7.45. The summed E-state index contributed by atoms with van der Waals surface area (Å²) in [5.41, 5.74) is 1.10. The van der Waals surface area contributed by atoms with Gasteiger partial charge >= 0.3 is 0 Å². The minimum absolute atomic E-state index is 0.139. The van der Waals surface area contributed by atoms with E-state index in [1.54, 1.807) is 22.8 Å². The quantitative estimate of drug-likeness (QED) is 0.831. The Balaban J connectivity index is 1.94. The largest absolute Gasteiger partial charge is 0.489 e. The molecule has 28 heavy (non-hydrogen) atoms. The molecule has 1 fully saturated rings. The maximum absolute atomic E-state index is 13.3. The van der Waals surface area contributed by atoms with Gasteiger partial charge in [-0.1, -0.05) is 32.0 Å². The zero-order valence-electron chi connectivity index (χ0n) is 16.7. The minimum atomic E-state index is -0.467. The van der Waals surface area contributed by atoms with Crippen LogP contribution in [0.2, 0.25) is 0 Å². The number of likely N-dealkylation sites (N-methyl/N-ethyl adjacent to an activating group) is 1. The third-order valence-corrected chi connectivity index (χ3v) is 4.79. The average molecular weight is 384 g/mol. The lowest BCUT2D eigenvalue weighted by Gasteiger charge is -2.34. The molecule has 1 N–H and O–H groups in total. The zero-order valence-corrected chi connectivity index (χ0v) is 16.7. The van der Waals surface area contributed by atoms with Crippen LogP contribution in [0, 0.1) is 5.92 Å². The zero-order chi connectivity index (χ0) is 20.1. The van der Waals surface area contributed by atoms with E-state index in [2.05, 4.69) is 24.3 Å². The molecule has 0 unspecified atom stereocenters. The lowest BCUT2D eigenvalue weighted by Crippen LogP contribution is -2.51. The van der Waals surface area contributed by atoms with Gasteiger partial charge in [0.2, 0.25) is 5.91 Å². The number of rotatable bonds is 6. The maximum Gasteiger partial charge on any atom is 0.278 e. The number of ether oxygens (including phenoxy) is 1. The molecule has 1 aromatic heterocycles. The Morgan fingerprint density at radius 2 is 2.00 bits per heavy atom. The molecule has 1 aliphatic heterocycles. The van der Waals surface area contributed by atoms with E-state index in [1.165, 1.54) is 0 Å². The topological polar surface area (TPSA) is 76.5 Å². The Morgan fingerprint density at radius 1 is 1.25 bits per heavy atom. The first-order chi connectivity index (χ1) is 13.5. The van der Waals surface area contributed by atoms with E-state index >= 15 is 0 Å². The van der Waals surface area contributed by atoms with Gasteiger partial charge in [0.25, 0.3) is 5.91 Å². The molecule has 1 aromatic carbocycles. The molecular formula is C21H28N4O3. The smallest absolute Gasteiger partial charge is 0.278 e. The fraction of sp³-hybridized carbons (Fsp3) is 0.476. The van der Waals surface area contributed by atoms with E-state index in [0.717, 1.165) is 18.5 Å². The van der Waals surface area contributed by atoms with Crippen LogP contribution in [0.15, 0.2) is 36.5 Å². The van der Waals surface area contributed by atoms with Crippen LogP contribution < -0.4 is 10.1 Å². The third-order valence-electron chi connectivity index (χ3n) is 4.79. The highest BCUT2D eigenvalue weighted by molar-refractivity contribution is 5.98. The fourth-order valence-corrected chi connectivity index (χ4v) is 3.33. The molecule has 2 aromatic rings. The van der Waals surface area contributed by atoms with E-state index in [9.17, 15) is 9.59 Å². The van der Waals surface area contributed by atoms with Crippen LogP contribution >= 0.6 is 0 Å². The van der Waals surface area contributed by atoms with Gasteiger partial charge in [0.1, 0.15) is 6.04 Å². The second-order valence-electron chi connectivity index (χ2n) is 7.45. The number of carbonyl (C=O) groups excluding carboxylic acids is 2. The van der Waals surface area contributed by atoms with Crippen molar-refractivity contribution in [2.75, 3.05) is 20.2 Å². The molecule has 0 aliphatic carbocycles. The van der Waals surface area contributed by atoms with Gasteiger partial charge in [0.15, 0.2) is 11.4 Å². The van der Waals surface area contributed by atoms with Crippen molar-refractivity contribution in [1.82, 2.24) is 20.0 Å². The molecule has 1 atom stereocenters. The molecule has 1 aliphatic rings. The SMILES string of the molecule is CNC(=O)[C@H]1CCCCN1C(=O)c1nn(-c2ccccc2)cc1OCC(C)C. The molecule has 7 heteroatoms. The van der Waals surface area contributed by atoms with Crippen molar-refractivity contribution in [2.45, 2.75) is 39.2 Å². The van der Waals surface area contributed by atoms with Crippen LogP contribution in [0.25, 0.3) is 5.69 Å². The van der Waals surface area contributed by atoms with Gasteiger partial charge in [-0.25, -0.2) is 4.68 Å². The number of amides is 2. The van der Waals surface area contributed by atoms with Crippen molar-refractivity contribution >= 4 is 11.8 Å². The summed E-state index contributed by atoms with van der Waals surface area (Å²) in [6.07, 6.45) is 4.20. The number of carbonyl (C=O) groups is 2. The van der Waals surface area contributed by atoms with E-state index in [-0.39, 0.29) is 17.5 Å². The number of nitrogens with zero attached hydrogens (tertiary/aromatic N) is 3. The highest BCUT2D eigenvalue weighted by Gasteiger charge is 2.34. The minimum Gasteiger partial charge on any atom is -0.489 e. The van der Waals surface area contributed by atoms with E-state index < -0.39 is 6.04 Å². The number of benzene rings is 1. The Morgan fingerprint density at radius 3 is 2.68 bits per heavy atom. The van der Waals surface area contributed by atoms with Crippen molar-refractivity contribution < 1.29 is 14.3 Å². The van der Waals surface area contributed by atoms with Crippen LogP contribution in [0.1, 0.15) is 43.6 Å². The molecule has 150 valence electrons. The summed E-state index contributed by atoms with van der Waals surface area (Å²) in [5.74, 6) is 0.363. The van der Waals surface area contributed by atoms with Crippen LogP contribution in [-0.2, 0) is 4.79 Å². The van der Waals surface area contributed by atoms with Gasteiger partial charge < -0.3 is 15.0 Å². The van der Waals surface area contributed by atoms with Crippen molar-refractivity contribution in [1.29, 1.82) is 0 Å². The molecule has 2 amide bonds. The summed E-state index contributed by atoms with van der Waals surface area (Å²) < 4.78 is 7.56. The lowest BCUT2D eigenvalue weighted by atomic mass is 10.0. The number of hydrogen-bond acceptors (Lipinski definition) is 4. The Kier molecular flexibility index (Phi) is 6.34. The van der Waals surface area contributed by atoms with Gasteiger partial charge in [0, 0.05) is 13.6 Å². The molecule has 1 saturated heterocycles. The summed E-state index contributed by atoms with van der Waals surface area (Å²) >= 11 is 0. The molecule has 0 spiro atoms. The summed E-state index contributed by atoms with van der Waals surface area (Å²) in [4.78, 5) is 27.2. The molecule has 0 radical (unpaired) electrons. The number of hydrogen-bond donors (Lipinski definition) is 1. The summed E-state index contributed by atoms with van der Waals surface area (Å²) in [5, 5.41) is 7.19. The van der Waals surface area contributed by atoms with Crippen LogP contribution in [0.3, 0.4) is 0 Å². The Hall–Kier alpha value is -2.83. The number of piperidine rings is 1. The monoisotopic (exact) mass is 384 g/mol. The average Bonchev–Trinajstić information content (AvgIpc) is 3.16. The highest BCUT2D eigenvalue weighted by Crippen LogP contribution is 2.26. The second kappa shape index (κ2) is 8.91. The molecule has 0 bridgehead atoms. The summed E-state index contributed by atoms with van der Waals surface area (Å²) in [7, 11) is 1.60. The van der Waals surface area contributed by atoms with Crippen molar-refractivity contribution in [3.63, 3.8) is 0 Å². The van der Waals surface area contributed by atoms with Crippen molar-refractivity contribution in [3.05, 3.63) is 42.2 Å². The lowest BCUT2D eigenvalue weighted by molar-refractivity contribution is -0.126. The Bertz CT molecular complexity index is 816. The standard InChI is InChI=1S/C21H28N4O3/c1-15(2)14-28-18-13-25(16-9-5-4-6-10-16)23-19(18)21(27)24-12-8-7-11-17(24)20(26)22-3/h4-6,9-10,13,15,17H,7-8,11-12,14H2,1-3H3,(H,22,26)/t17-/m1/s1. The predicted molar refractivity (Wildman–Crippen MR) is 107 cm³/mol. The molecule has 2 heterocycles. The van der Waals surface area contributed by atoms with E-state index in [4.69, 9.17) is 4.74 Å². The molecule has 0 saturated carbocycles. The summed E-state index contributed by atoms with van der Waals surface area (Å²) in [6.45, 7) is 5.13. The number of aromatic nitrogens is 2. The maximum atomic E-state index is 13.3. The molecular weight excluding hydrogens is 356 g/mol. The third kappa shape index (κ3) is 4.35. The number of likely N-dealkylation sites (tertiary alicyclic amines) is 1. The molecule has 7 nitrogen and oxygen atoms in total. The van der Waals surface area contributed by atoms with Gasteiger partial charge in [-0.15, -0.1) is 0 Å². The first kappa shape index (κ1) is 19.9. The number of para-hydroxylation sites is 1. The van der Waals surface area contributed by atoms with Gasteiger partial charge in [-0.05, 0) is 37.3 Å². The van der Waals surface area contributed by atoms with Gasteiger partial charge in [0.05, 0.1) is 18.5 Å². The summed E-state index contributed by atoms with van der Waals surface area (Å²) in [6, 6.07) is 9.13. The van der Waals surface area contributed by atoms with Crippen LogP contribution in [0.4, 0.5) is 0 Å². The predicted octanol–water partition coefficient (Wildman–Crippen LogP) is 2.65. The highest BCUT2D eigenvalue weighted by atomic mass is 16.5. The van der Waals surface area contributed by atoms with Crippen molar-refractivity contribution in [3.8, 4) is 11.4 Å². The Labute approximate surface area is 165 Å². The van der Waals surface area contributed by atoms with E-state index in [0.29, 0.717) is 31.2 Å². The molecule has 3 rings (SSSR count). The van der Waals surface area contributed by atoms with Gasteiger partial charge in [-0.2, -0.15) is 5.10 Å². The normalized spacial score (nSPS) is 16.9. The van der Waals surface area contributed by atoms with Crippen molar-refractivity contribution in [2.24, 2.45) is 5.92 Å². The fourth-order valence-electron chi connectivity index (χ4n) is 3.33. The van der Waals surface area contributed by atoms with Crippen LogP contribution in [0.5, 0.6) is 5.75 Å².